The van der Waals surface area contributed by atoms with Crippen molar-refractivity contribution in [2.45, 2.75) is 6.92 Å². The van der Waals surface area contributed by atoms with E-state index in [-0.39, 0.29) is 10.5 Å². The van der Waals surface area contributed by atoms with Crippen LogP contribution in [0.25, 0.3) is 17.4 Å². The highest BCUT2D eigenvalue weighted by molar-refractivity contribution is 8.18. The Morgan fingerprint density at radius 3 is 2.68 bits per heavy atom. The van der Waals surface area contributed by atoms with Gasteiger partial charge in [-0.1, -0.05) is 6.07 Å². The Balaban J connectivity index is 1.86. The molecule has 2 aromatic rings. The van der Waals surface area contributed by atoms with E-state index in [1.54, 1.807) is 18.2 Å². The van der Waals surface area contributed by atoms with E-state index in [1.165, 1.54) is 25.3 Å². The fourth-order valence-electron chi connectivity index (χ4n) is 2.55. The molecule has 0 radical (unpaired) electrons. The average molecular weight is 401 g/mol. The second-order valence-corrected chi connectivity index (χ2v) is 6.87. The zero-order chi connectivity index (χ0) is 20.4. The van der Waals surface area contributed by atoms with E-state index in [0.29, 0.717) is 28.8 Å². The Morgan fingerprint density at radius 1 is 1.25 bits per heavy atom. The summed E-state index contributed by atoms with van der Waals surface area (Å²) in [5.74, 6) is -1.60. The monoisotopic (exact) mass is 401 g/mol. The third-order valence-electron chi connectivity index (χ3n) is 4.04. The molecule has 1 aliphatic rings. The second kappa shape index (κ2) is 7.73. The third-order valence-corrected chi connectivity index (χ3v) is 4.95. The number of nitrogens with zero attached hydrogens (tertiary/aromatic N) is 1. The number of methoxy groups -OCH3 is 1. The highest BCUT2D eigenvalue weighted by atomic mass is 32.2. The van der Waals surface area contributed by atoms with E-state index in [9.17, 15) is 19.2 Å². The summed E-state index contributed by atoms with van der Waals surface area (Å²) in [5, 5.41) is 8.58. The van der Waals surface area contributed by atoms with Gasteiger partial charge in [-0.3, -0.25) is 19.3 Å². The molecule has 0 bridgehead atoms. The molecule has 3 rings (SSSR count). The van der Waals surface area contributed by atoms with Crippen molar-refractivity contribution in [2.75, 3.05) is 13.7 Å². The molecule has 0 spiro atoms. The molecule has 28 heavy (non-hydrogen) atoms. The zero-order valence-corrected chi connectivity index (χ0v) is 15.7. The van der Waals surface area contributed by atoms with Crippen LogP contribution in [0, 0.1) is 6.92 Å². The lowest BCUT2D eigenvalue weighted by Crippen LogP contribution is -2.34. The van der Waals surface area contributed by atoms with Crippen molar-refractivity contribution in [1.82, 2.24) is 4.90 Å². The molecule has 8 nitrogen and oxygen atoms in total. The topological polar surface area (TPSA) is 114 Å². The van der Waals surface area contributed by atoms with Crippen LogP contribution in [0.15, 0.2) is 39.7 Å². The Bertz CT molecular complexity index is 1020. The number of carboxylic acids is 1. The highest BCUT2D eigenvalue weighted by Gasteiger charge is 2.36. The van der Waals surface area contributed by atoms with Crippen LogP contribution in [0.2, 0.25) is 0 Å². The Hall–Kier alpha value is -3.33. The molecule has 1 fully saturated rings. The maximum atomic E-state index is 12.3. The molecule has 1 N–H and O–H groups in total. The van der Waals surface area contributed by atoms with Crippen molar-refractivity contribution in [1.29, 1.82) is 0 Å². The molecule has 0 aliphatic carbocycles. The van der Waals surface area contributed by atoms with Gasteiger partial charge in [-0.15, -0.1) is 0 Å². The summed E-state index contributed by atoms with van der Waals surface area (Å²) in [6.45, 7) is 1.37. The number of ether oxygens (including phenoxy) is 1. The first-order valence-corrected chi connectivity index (χ1v) is 8.88. The maximum Gasteiger partial charge on any atom is 0.335 e. The van der Waals surface area contributed by atoms with E-state index < -0.39 is 29.6 Å². The number of imide groups is 1. The van der Waals surface area contributed by atoms with Gasteiger partial charge in [-0.25, -0.2) is 4.79 Å². The summed E-state index contributed by atoms with van der Waals surface area (Å²) in [5.41, 5.74) is 1.56. The molecule has 9 heteroatoms. The fraction of sp³-hybridized carbons (Fsp3) is 0.158. The van der Waals surface area contributed by atoms with Gasteiger partial charge in [0.2, 0.25) is 0 Å². The highest BCUT2D eigenvalue weighted by Crippen LogP contribution is 2.33. The van der Waals surface area contributed by atoms with Gasteiger partial charge in [0.05, 0.1) is 17.6 Å². The largest absolute Gasteiger partial charge is 0.478 e. The number of carboxylic acid groups (broad SMARTS) is 1. The van der Waals surface area contributed by atoms with E-state index in [1.807, 2.05) is 6.92 Å². The zero-order valence-electron chi connectivity index (χ0n) is 14.9. The predicted molar refractivity (Wildman–Crippen MR) is 101 cm³/mol. The minimum Gasteiger partial charge on any atom is -0.478 e. The van der Waals surface area contributed by atoms with Crippen molar-refractivity contribution in [3.05, 3.63) is 52.1 Å². The first kappa shape index (κ1) is 19.4. The summed E-state index contributed by atoms with van der Waals surface area (Å²) in [6, 6.07) is 7.95. The second-order valence-electron chi connectivity index (χ2n) is 5.88. The Morgan fingerprint density at radius 2 is 2.00 bits per heavy atom. The van der Waals surface area contributed by atoms with Crippen LogP contribution in [0.1, 0.15) is 21.7 Å². The minimum absolute atomic E-state index is 0.116. The lowest BCUT2D eigenvalue weighted by molar-refractivity contribution is -0.143. The Labute approximate surface area is 163 Å². The number of furan rings is 1. The minimum atomic E-state index is -1.05. The van der Waals surface area contributed by atoms with Gasteiger partial charge in [0.25, 0.3) is 11.1 Å². The molecule has 2 amide bonds. The molecular formula is C19H15NO7S. The first-order chi connectivity index (χ1) is 13.3. The van der Waals surface area contributed by atoms with Gasteiger partial charge in [0.1, 0.15) is 18.1 Å². The van der Waals surface area contributed by atoms with Gasteiger partial charge >= 0.3 is 11.9 Å². The number of benzene rings is 1. The van der Waals surface area contributed by atoms with Gasteiger partial charge in [-0.2, -0.15) is 0 Å². The van der Waals surface area contributed by atoms with Gasteiger partial charge in [0, 0.05) is 11.6 Å². The molecule has 1 aromatic heterocycles. The summed E-state index contributed by atoms with van der Waals surface area (Å²) in [4.78, 5) is 47.7. The lowest BCUT2D eigenvalue weighted by Gasteiger charge is -2.09. The number of aromatic carboxylic acids is 1. The average Bonchev–Trinajstić information content (AvgIpc) is 3.22. The van der Waals surface area contributed by atoms with Gasteiger partial charge < -0.3 is 14.3 Å². The number of hydrogen-bond donors (Lipinski definition) is 1. The van der Waals surface area contributed by atoms with Crippen LogP contribution >= 0.6 is 11.8 Å². The van der Waals surface area contributed by atoms with Crippen molar-refractivity contribution in [2.24, 2.45) is 0 Å². The smallest absolute Gasteiger partial charge is 0.335 e. The van der Waals surface area contributed by atoms with E-state index in [2.05, 4.69) is 4.74 Å². The van der Waals surface area contributed by atoms with Gasteiger partial charge in [-0.05, 0) is 48.5 Å². The quantitative estimate of drug-likeness (QED) is 0.600. The third kappa shape index (κ3) is 3.84. The standard InChI is InChI=1S/C19H15NO7S/c1-10-3-4-11(18(23)24)7-13(10)14-6-5-12(27-14)8-15-17(22)20(19(25)28-15)9-16(21)26-2/h3-8H,9H2,1-2H3,(H,23,24)/b15-8+. The normalized spacial score (nSPS) is 15.4. The number of carbonyl (C=O) groups excluding carboxylic acids is 3. The van der Waals surface area contributed by atoms with Crippen molar-refractivity contribution >= 4 is 40.9 Å². The Kier molecular flexibility index (Phi) is 5.36. The summed E-state index contributed by atoms with van der Waals surface area (Å²) in [6.07, 6.45) is 1.40. The van der Waals surface area contributed by atoms with Gasteiger partial charge in [0.15, 0.2) is 0 Å². The number of aryl methyl sites for hydroxylation is 1. The molecule has 2 heterocycles. The van der Waals surface area contributed by atoms with Crippen molar-refractivity contribution in [3.63, 3.8) is 0 Å². The van der Waals surface area contributed by atoms with Crippen molar-refractivity contribution < 1.29 is 33.4 Å². The van der Waals surface area contributed by atoms with Crippen LogP contribution in [-0.4, -0.2) is 46.7 Å². The first-order valence-electron chi connectivity index (χ1n) is 8.06. The molecule has 1 saturated heterocycles. The summed E-state index contributed by atoms with van der Waals surface area (Å²) in [7, 11) is 1.17. The molecule has 144 valence electrons. The number of hydrogen-bond acceptors (Lipinski definition) is 7. The number of carbonyl (C=O) groups is 4. The number of esters is 1. The fourth-order valence-corrected chi connectivity index (χ4v) is 3.37. The molecule has 1 aromatic carbocycles. The molecule has 0 atom stereocenters. The van der Waals surface area contributed by atoms with Crippen LogP contribution in [0.3, 0.4) is 0 Å². The summed E-state index contributed by atoms with van der Waals surface area (Å²) >= 11 is 0.697. The molecule has 1 aliphatic heterocycles. The molecule has 0 saturated carbocycles. The van der Waals surface area contributed by atoms with E-state index >= 15 is 0 Å². The van der Waals surface area contributed by atoms with Crippen LogP contribution < -0.4 is 0 Å². The van der Waals surface area contributed by atoms with Crippen LogP contribution in [0.5, 0.6) is 0 Å². The molecular weight excluding hydrogens is 386 g/mol. The predicted octanol–water partition coefficient (Wildman–Crippen LogP) is 3.16. The SMILES string of the molecule is COC(=O)CN1C(=O)S/C(=C/c2ccc(-c3cc(C(=O)O)ccc3C)o2)C1=O. The van der Waals surface area contributed by atoms with Crippen LogP contribution in [0.4, 0.5) is 4.79 Å². The number of amides is 2. The van der Waals surface area contributed by atoms with Crippen molar-refractivity contribution in [3.8, 4) is 11.3 Å². The lowest BCUT2D eigenvalue weighted by atomic mass is 10.0. The number of thioether (sulfide) groups is 1. The molecule has 0 unspecified atom stereocenters. The van der Waals surface area contributed by atoms with E-state index in [0.717, 1.165) is 10.5 Å². The van der Waals surface area contributed by atoms with Crippen LogP contribution in [-0.2, 0) is 14.3 Å². The summed E-state index contributed by atoms with van der Waals surface area (Å²) < 4.78 is 10.2. The van der Waals surface area contributed by atoms with E-state index in [4.69, 9.17) is 9.52 Å². The number of rotatable bonds is 5. The maximum absolute atomic E-state index is 12.3.